The first-order valence-corrected chi connectivity index (χ1v) is 6.59. The molecule has 94 valence electrons. The molecule has 2 rings (SSSR count). The van der Waals surface area contributed by atoms with Gasteiger partial charge < -0.3 is 4.74 Å². The second-order valence-corrected chi connectivity index (χ2v) is 5.67. The quantitative estimate of drug-likeness (QED) is 0.741. The van der Waals surface area contributed by atoms with Gasteiger partial charge >= 0.3 is 0 Å². The predicted octanol–water partition coefficient (Wildman–Crippen LogP) is 4.28. The molecule has 1 aromatic rings. The van der Waals surface area contributed by atoms with Crippen molar-refractivity contribution in [2.24, 2.45) is 0 Å². The van der Waals surface area contributed by atoms with Crippen molar-refractivity contribution < 1.29 is 13.5 Å². The van der Waals surface area contributed by atoms with Crippen molar-refractivity contribution in [3.8, 4) is 0 Å². The minimum absolute atomic E-state index is 0.253. The maximum Gasteiger partial charge on any atom is 0.130 e. The number of hydrogen-bond donors (Lipinski definition) is 0. The van der Waals surface area contributed by atoms with E-state index in [2.05, 4.69) is 15.9 Å². The van der Waals surface area contributed by atoms with Gasteiger partial charge in [0.1, 0.15) is 11.6 Å². The van der Waals surface area contributed by atoms with E-state index in [-0.39, 0.29) is 4.83 Å². The molecule has 0 N–H and O–H groups in total. The fourth-order valence-electron chi connectivity index (χ4n) is 2.20. The summed E-state index contributed by atoms with van der Waals surface area (Å²) in [5, 5.41) is 0. The Labute approximate surface area is 108 Å². The largest absolute Gasteiger partial charge is 0.374 e. The van der Waals surface area contributed by atoms with Gasteiger partial charge in [-0.05, 0) is 38.3 Å². The van der Waals surface area contributed by atoms with Crippen LogP contribution in [0.5, 0.6) is 0 Å². The van der Waals surface area contributed by atoms with Crippen molar-refractivity contribution in [3.05, 3.63) is 34.9 Å². The Hall–Kier alpha value is -0.480. The number of rotatable bonds is 2. The average molecular weight is 305 g/mol. The summed E-state index contributed by atoms with van der Waals surface area (Å²) in [6, 6.07) is 2.49. The summed E-state index contributed by atoms with van der Waals surface area (Å²) in [6.07, 6.45) is 1.85. The van der Waals surface area contributed by atoms with E-state index in [1.165, 1.54) is 0 Å². The van der Waals surface area contributed by atoms with Crippen molar-refractivity contribution >= 4 is 15.9 Å². The molecule has 2 unspecified atom stereocenters. The highest BCUT2D eigenvalue weighted by Gasteiger charge is 2.39. The van der Waals surface area contributed by atoms with Crippen LogP contribution in [-0.2, 0) is 4.74 Å². The highest BCUT2D eigenvalue weighted by molar-refractivity contribution is 9.09. The lowest BCUT2D eigenvalue weighted by atomic mass is 9.92. The molecule has 0 spiro atoms. The van der Waals surface area contributed by atoms with E-state index >= 15 is 0 Å². The van der Waals surface area contributed by atoms with Crippen molar-refractivity contribution in [2.75, 3.05) is 6.61 Å². The van der Waals surface area contributed by atoms with Crippen LogP contribution in [0.25, 0.3) is 0 Å². The lowest BCUT2D eigenvalue weighted by Crippen LogP contribution is -2.29. The van der Waals surface area contributed by atoms with Crippen LogP contribution in [0.15, 0.2) is 12.1 Å². The molecular formula is C13H15BrF2O. The number of hydrogen-bond acceptors (Lipinski definition) is 1. The molecule has 1 aliphatic heterocycles. The summed E-state index contributed by atoms with van der Waals surface area (Å²) in [4.78, 5) is -0.253. The third kappa shape index (κ3) is 2.38. The average Bonchev–Trinajstić information content (AvgIpc) is 2.71. The molecule has 0 radical (unpaired) electrons. The van der Waals surface area contributed by atoms with Crippen LogP contribution in [0.3, 0.4) is 0 Å². The van der Waals surface area contributed by atoms with Gasteiger partial charge in [0.2, 0.25) is 0 Å². The van der Waals surface area contributed by atoms with Crippen molar-refractivity contribution in [3.63, 3.8) is 0 Å². The number of aryl methyl sites for hydroxylation is 1. The van der Waals surface area contributed by atoms with E-state index in [1.807, 2.05) is 6.92 Å². The third-order valence-electron chi connectivity index (χ3n) is 3.34. The SMILES string of the molecule is Cc1cc(C(Br)C2(C)CCCO2)c(F)cc1F. The van der Waals surface area contributed by atoms with Crippen LogP contribution in [-0.4, -0.2) is 12.2 Å². The molecule has 1 aliphatic rings. The van der Waals surface area contributed by atoms with E-state index in [9.17, 15) is 8.78 Å². The Morgan fingerprint density at radius 2 is 2.06 bits per heavy atom. The Kier molecular flexibility index (Phi) is 3.55. The minimum Gasteiger partial charge on any atom is -0.374 e. The molecule has 17 heavy (non-hydrogen) atoms. The van der Waals surface area contributed by atoms with Crippen molar-refractivity contribution in [1.82, 2.24) is 0 Å². The van der Waals surface area contributed by atoms with Crippen LogP contribution >= 0.6 is 15.9 Å². The van der Waals surface area contributed by atoms with Crippen LogP contribution < -0.4 is 0 Å². The van der Waals surface area contributed by atoms with E-state index in [0.717, 1.165) is 18.9 Å². The summed E-state index contributed by atoms with van der Waals surface area (Å²) in [5.41, 5.74) is 0.506. The van der Waals surface area contributed by atoms with E-state index < -0.39 is 17.2 Å². The monoisotopic (exact) mass is 304 g/mol. The Bertz CT molecular complexity index is 428. The number of ether oxygens (including phenoxy) is 1. The molecule has 1 saturated heterocycles. The standard InChI is InChI=1S/C13H15BrF2O/c1-8-6-9(11(16)7-10(8)15)12(14)13(2)4-3-5-17-13/h6-7,12H,3-5H2,1-2H3. The second kappa shape index (κ2) is 4.65. The maximum atomic E-state index is 13.8. The molecule has 1 aromatic carbocycles. The Morgan fingerprint density at radius 1 is 1.35 bits per heavy atom. The van der Waals surface area contributed by atoms with Crippen molar-refractivity contribution in [2.45, 2.75) is 37.1 Å². The van der Waals surface area contributed by atoms with Crippen LogP contribution in [0, 0.1) is 18.6 Å². The molecule has 0 aromatic heterocycles. The summed E-state index contributed by atoms with van der Waals surface area (Å²) < 4.78 is 32.7. The van der Waals surface area contributed by atoms with Gasteiger partial charge in [-0.2, -0.15) is 0 Å². The highest BCUT2D eigenvalue weighted by atomic mass is 79.9. The summed E-state index contributed by atoms with van der Waals surface area (Å²) in [7, 11) is 0. The van der Waals surface area contributed by atoms with Gasteiger partial charge in [-0.25, -0.2) is 8.78 Å². The highest BCUT2D eigenvalue weighted by Crippen LogP contribution is 2.44. The van der Waals surface area contributed by atoms with Crippen molar-refractivity contribution in [1.29, 1.82) is 0 Å². The molecule has 0 aliphatic carbocycles. The van der Waals surface area contributed by atoms with Gasteiger partial charge in [0, 0.05) is 18.2 Å². The van der Waals surface area contributed by atoms with Crippen LogP contribution in [0.4, 0.5) is 8.78 Å². The lowest BCUT2D eigenvalue weighted by Gasteiger charge is -2.29. The Balaban J connectivity index is 2.36. The van der Waals surface area contributed by atoms with Gasteiger partial charge in [0.05, 0.1) is 10.4 Å². The predicted molar refractivity (Wildman–Crippen MR) is 66.4 cm³/mol. The normalized spacial score (nSPS) is 26.2. The third-order valence-corrected chi connectivity index (χ3v) is 4.80. The first-order chi connectivity index (χ1) is 7.94. The van der Waals surface area contributed by atoms with Gasteiger partial charge in [-0.3, -0.25) is 0 Å². The van der Waals surface area contributed by atoms with Gasteiger partial charge in [-0.1, -0.05) is 15.9 Å². The molecular weight excluding hydrogens is 290 g/mol. The molecule has 1 nitrogen and oxygen atoms in total. The number of benzene rings is 1. The molecule has 0 saturated carbocycles. The van der Waals surface area contributed by atoms with Gasteiger partial charge in [0.25, 0.3) is 0 Å². The van der Waals surface area contributed by atoms with E-state index in [4.69, 9.17) is 4.74 Å². The summed E-state index contributed by atoms with van der Waals surface area (Å²) >= 11 is 3.49. The molecule has 0 bridgehead atoms. The zero-order valence-corrected chi connectivity index (χ0v) is 11.5. The van der Waals surface area contributed by atoms with Crippen LogP contribution in [0.1, 0.15) is 35.7 Å². The molecule has 0 amide bonds. The number of alkyl halides is 1. The lowest BCUT2D eigenvalue weighted by molar-refractivity contribution is 0.0191. The zero-order valence-electron chi connectivity index (χ0n) is 9.90. The van der Waals surface area contributed by atoms with Gasteiger partial charge in [0.15, 0.2) is 0 Å². The molecule has 1 fully saturated rings. The molecule has 4 heteroatoms. The fourth-order valence-corrected chi connectivity index (χ4v) is 2.92. The summed E-state index contributed by atoms with van der Waals surface area (Å²) in [6.45, 7) is 4.29. The fraction of sp³-hybridized carbons (Fsp3) is 0.538. The van der Waals surface area contributed by atoms with Gasteiger partial charge in [-0.15, -0.1) is 0 Å². The van der Waals surface area contributed by atoms with E-state index in [0.29, 0.717) is 17.7 Å². The molecule has 1 heterocycles. The topological polar surface area (TPSA) is 9.23 Å². The second-order valence-electron chi connectivity index (χ2n) is 4.75. The minimum atomic E-state index is -0.522. The first-order valence-electron chi connectivity index (χ1n) is 5.67. The smallest absolute Gasteiger partial charge is 0.130 e. The zero-order chi connectivity index (χ0) is 12.6. The van der Waals surface area contributed by atoms with E-state index in [1.54, 1.807) is 13.0 Å². The van der Waals surface area contributed by atoms with Crippen LogP contribution in [0.2, 0.25) is 0 Å². The maximum absolute atomic E-state index is 13.8. The number of halogens is 3. The molecule has 2 atom stereocenters. The summed E-state index contributed by atoms with van der Waals surface area (Å²) in [5.74, 6) is -1.03. The Morgan fingerprint density at radius 3 is 2.65 bits per heavy atom. The first kappa shape index (κ1) is 13.0.